The third kappa shape index (κ3) is 5.28. The number of fused-ring (bicyclic) bond motifs is 6. The minimum atomic E-state index is 1.12. The molecule has 0 unspecified atom stereocenters. The van der Waals surface area contributed by atoms with E-state index in [0.29, 0.717) is 0 Å². The molecule has 0 N–H and O–H groups in total. The molecule has 0 aromatic heterocycles. The molecule has 0 heterocycles. The van der Waals surface area contributed by atoms with E-state index in [4.69, 9.17) is 0 Å². The second-order valence-electron chi connectivity index (χ2n) is 16.2. The maximum atomic E-state index is 2.41. The number of benzene rings is 10. The molecule has 60 heavy (non-hydrogen) atoms. The summed E-state index contributed by atoms with van der Waals surface area (Å²) in [5.74, 6) is 0. The minimum Gasteiger partial charge on any atom is -0.310 e. The summed E-state index contributed by atoms with van der Waals surface area (Å²) in [5, 5.41) is 5.16. The van der Waals surface area contributed by atoms with Gasteiger partial charge in [0.1, 0.15) is 0 Å². The second-order valence-corrected chi connectivity index (χ2v) is 16.2. The molecule has 2 aliphatic carbocycles. The third-order valence-electron chi connectivity index (χ3n) is 12.7. The fourth-order valence-electron chi connectivity index (χ4n) is 9.82. The Morgan fingerprint density at radius 1 is 0.250 bits per heavy atom. The molecule has 2 heteroatoms. The maximum absolute atomic E-state index is 2.41. The summed E-state index contributed by atoms with van der Waals surface area (Å²) in [6, 6.07) is 76.2. The van der Waals surface area contributed by atoms with Gasteiger partial charge in [0.2, 0.25) is 0 Å². The summed E-state index contributed by atoms with van der Waals surface area (Å²) in [7, 11) is 0. The van der Waals surface area contributed by atoms with Crippen molar-refractivity contribution in [2.45, 2.75) is 13.8 Å². The normalized spacial score (nSPS) is 11.8. The molecule has 12 rings (SSSR count). The predicted octanol–water partition coefficient (Wildman–Crippen LogP) is 16.5. The monoisotopic (exact) mass is 764 g/mol. The SMILES string of the molecule is Cc1ccc(N(c2ccc(-c3ccc(N(c4ccc(C)cc4)c4ccc5c6c(cccc46)-c4ccccc4-5)cc3)cc2)c2ccc3c4c(cccc24)-c2ccccc2-3)cc1. The van der Waals surface area contributed by atoms with Crippen LogP contribution in [0.1, 0.15) is 11.1 Å². The Kier molecular flexibility index (Phi) is 7.70. The van der Waals surface area contributed by atoms with E-state index < -0.39 is 0 Å². The first kappa shape index (κ1) is 34.4. The van der Waals surface area contributed by atoms with Crippen LogP contribution in [0.2, 0.25) is 0 Å². The molecule has 0 aliphatic heterocycles. The summed E-state index contributed by atoms with van der Waals surface area (Å²) in [4.78, 5) is 4.82. The average Bonchev–Trinajstić information content (AvgIpc) is 3.81. The highest BCUT2D eigenvalue weighted by atomic mass is 15.1. The van der Waals surface area contributed by atoms with E-state index in [1.165, 1.54) is 99.7 Å². The highest BCUT2D eigenvalue weighted by Gasteiger charge is 2.26. The van der Waals surface area contributed by atoms with Gasteiger partial charge in [0.05, 0.1) is 11.4 Å². The molecule has 0 radical (unpaired) electrons. The Balaban J connectivity index is 0.928. The van der Waals surface area contributed by atoms with Gasteiger partial charge in [0.15, 0.2) is 0 Å². The Hall–Kier alpha value is -7.68. The molecule has 0 saturated heterocycles. The zero-order chi connectivity index (χ0) is 39.9. The van der Waals surface area contributed by atoms with E-state index in [-0.39, 0.29) is 0 Å². The van der Waals surface area contributed by atoms with Gasteiger partial charge in [0.25, 0.3) is 0 Å². The van der Waals surface area contributed by atoms with Crippen LogP contribution in [0.5, 0.6) is 0 Å². The Labute approximate surface area is 350 Å². The molecule has 10 aromatic carbocycles. The highest BCUT2D eigenvalue weighted by Crippen LogP contribution is 2.53. The molecule has 0 saturated carbocycles. The van der Waals surface area contributed by atoms with Gasteiger partial charge in [-0.3, -0.25) is 0 Å². The van der Waals surface area contributed by atoms with Crippen LogP contribution in [-0.4, -0.2) is 0 Å². The van der Waals surface area contributed by atoms with Crippen molar-refractivity contribution in [3.05, 3.63) is 217 Å². The van der Waals surface area contributed by atoms with Gasteiger partial charge in [-0.05, 0) is 141 Å². The summed E-state index contributed by atoms with van der Waals surface area (Å²) in [6.45, 7) is 4.30. The van der Waals surface area contributed by atoms with E-state index in [2.05, 4.69) is 230 Å². The maximum Gasteiger partial charge on any atom is 0.0540 e. The van der Waals surface area contributed by atoms with Crippen molar-refractivity contribution >= 4 is 55.7 Å². The minimum absolute atomic E-state index is 1.12. The van der Waals surface area contributed by atoms with E-state index >= 15 is 0 Å². The molecule has 10 aromatic rings. The fraction of sp³-hybridized carbons (Fsp3) is 0.0345. The van der Waals surface area contributed by atoms with Crippen LogP contribution in [0.15, 0.2) is 206 Å². The largest absolute Gasteiger partial charge is 0.310 e. The molecular formula is C58H40N2. The molecule has 0 atom stereocenters. The number of hydrogen-bond donors (Lipinski definition) is 0. The molecule has 2 aliphatic rings. The van der Waals surface area contributed by atoms with Crippen LogP contribution in [0.25, 0.3) is 77.2 Å². The molecule has 0 spiro atoms. The van der Waals surface area contributed by atoms with E-state index in [9.17, 15) is 0 Å². The van der Waals surface area contributed by atoms with Crippen molar-refractivity contribution < 1.29 is 0 Å². The molecule has 0 fully saturated rings. The highest BCUT2D eigenvalue weighted by molar-refractivity contribution is 6.20. The van der Waals surface area contributed by atoms with Crippen LogP contribution in [0.4, 0.5) is 34.1 Å². The van der Waals surface area contributed by atoms with E-state index in [0.717, 1.165) is 22.7 Å². The van der Waals surface area contributed by atoms with Gasteiger partial charge < -0.3 is 9.80 Å². The lowest BCUT2D eigenvalue weighted by atomic mass is 9.99. The van der Waals surface area contributed by atoms with Crippen molar-refractivity contribution in [3.8, 4) is 55.6 Å². The lowest BCUT2D eigenvalue weighted by Gasteiger charge is -2.28. The zero-order valence-electron chi connectivity index (χ0n) is 33.5. The topological polar surface area (TPSA) is 6.48 Å². The summed E-state index contributed by atoms with van der Waals surface area (Å²) in [5.41, 5.74) is 22.2. The first-order valence-electron chi connectivity index (χ1n) is 20.8. The number of nitrogens with zero attached hydrogens (tertiary/aromatic N) is 2. The van der Waals surface area contributed by atoms with E-state index in [1.54, 1.807) is 0 Å². The number of rotatable bonds is 7. The molecular weight excluding hydrogens is 725 g/mol. The average molecular weight is 765 g/mol. The Morgan fingerprint density at radius 2 is 0.550 bits per heavy atom. The lowest BCUT2D eigenvalue weighted by Crippen LogP contribution is -2.11. The van der Waals surface area contributed by atoms with Crippen molar-refractivity contribution in [1.29, 1.82) is 0 Å². The smallest absolute Gasteiger partial charge is 0.0540 e. The van der Waals surface area contributed by atoms with Crippen LogP contribution >= 0.6 is 0 Å². The van der Waals surface area contributed by atoms with Gasteiger partial charge >= 0.3 is 0 Å². The predicted molar refractivity (Wildman–Crippen MR) is 255 cm³/mol. The van der Waals surface area contributed by atoms with E-state index in [1.807, 2.05) is 0 Å². The first-order chi connectivity index (χ1) is 29.6. The number of hydrogen-bond acceptors (Lipinski definition) is 2. The van der Waals surface area contributed by atoms with Crippen LogP contribution in [0.3, 0.4) is 0 Å². The summed E-state index contributed by atoms with van der Waals surface area (Å²) >= 11 is 0. The van der Waals surface area contributed by atoms with Crippen LogP contribution < -0.4 is 9.80 Å². The van der Waals surface area contributed by atoms with Gasteiger partial charge in [-0.1, -0.05) is 157 Å². The van der Waals surface area contributed by atoms with Crippen molar-refractivity contribution in [3.63, 3.8) is 0 Å². The standard InChI is InChI=1S/C58H40N2/c1-37-17-25-41(26-18-37)59(55-35-33-51-47-11-5-3-9-45(47)49-13-7-15-53(55)57(49)51)43-29-21-39(22-30-43)40-23-31-44(32-24-40)60(42-27-19-38(2)20-28-42)56-36-34-52-48-12-6-4-10-46(48)50-14-8-16-54(56)58(50)52/h3-36H,1-2H3. The Morgan fingerprint density at radius 3 is 0.900 bits per heavy atom. The Bertz CT molecular complexity index is 3020. The molecule has 0 amide bonds. The zero-order valence-corrected chi connectivity index (χ0v) is 33.5. The van der Waals surface area contributed by atoms with Gasteiger partial charge in [-0.25, -0.2) is 0 Å². The van der Waals surface area contributed by atoms with Crippen LogP contribution in [-0.2, 0) is 0 Å². The fourth-order valence-corrected chi connectivity index (χ4v) is 9.82. The third-order valence-corrected chi connectivity index (χ3v) is 12.7. The number of anilines is 6. The van der Waals surface area contributed by atoms with Gasteiger partial charge in [-0.2, -0.15) is 0 Å². The summed E-state index contributed by atoms with van der Waals surface area (Å²) < 4.78 is 0. The number of aryl methyl sites for hydroxylation is 2. The van der Waals surface area contributed by atoms with Gasteiger partial charge in [-0.15, -0.1) is 0 Å². The summed E-state index contributed by atoms with van der Waals surface area (Å²) in [6.07, 6.45) is 0. The van der Waals surface area contributed by atoms with Crippen molar-refractivity contribution in [1.82, 2.24) is 0 Å². The molecule has 282 valence electrons. The van der Waals surface area contributed by atoms with Crippen molar-refractivity contribution in [2.75, 3.05) is 9.80 Å². The quantitative estimate of drug-likeness (QED) is 0.159. The molecule has 2 nitrogen and oxygen atoms in total. The molecule has 0 bridgehead atoms. The van der Waals surface area contributed by atoms with Gasteiger partial charge in [0, 0.05) is 33.5 Å². The van der Waals surface area contributed by atoms with Crippen LogP contribution in [0, 0.1) is 13.8 Å². The van der Waals surface area contributed by atoms with Crippen molar-refractivity contribution in [2.24, 2.45) is 0 Å². The first-order valence-corrected chi connectivity index (χ1v) is 20.8. The lowest BCUT2D eigenvalue weighted by molar-refractivity contribution is 1.28. The second kappa shape index (κ2) is 13.4.